The van der Waals surface area contributed by atoms with Gasteiger partial charge in [0.15, 0.2) is 0 Å². The Morgan fingerprint density at radius 2 is 2.38 bits per heavy atom. The molecule has 1 fully saturated rings. The Kier molecular flexibility index (Phi) is 2.36. The van der Waals surface area contributed by atoms with E-state index in [2.05, 4.69) is 26.9 Å². The quantitative estimate of drug-likeness (QED) is 0.841. The van der Waals surface area contributed by atoms with Crippen LogP contribution in [0.25, 0.3) is 11.0 Å². The van der Waals surface area contributed by atoms with E-state index < -0.39 is 0 Å². The van der Waals surface area contributed by atoms with Crippen molar-refractivity contribution in [1.29, 1.82) is 0 Å². The first-order valence-electron chi connectivity index (χ1n) is 5.80. The SMILES string of the molecule is Cn1c(CNCC2CC2)nc2cnccc21. The Bertz CT molecular complexity index is 499. The minimum atomic E-state index is 0.849. The van der Waals surface area contributed by atoms with Gasteiger partial charge in [-0.1, -0.05) is 0 Å². The zero-order chi connectivity index (χ0) is 11.0. The lowest BCUT2D eigenvalue weighted by Crippen LogP contribution is -2.18. The second kappa shape index (κ2) is 3.87. The van der Waals surface area contributed by atoms with Crippen molar-refractivity contribution in [3.63, 3.8) is 0 Å². The third kappa shape index (κ3) is 1.80. The number of aryl methyl sites for hydroxylation is 1. The first-order valence-corrected chi connectivity index (χ1v) is 5.80. The van der Waals surface area contributed by atoms with Crippen LogP contribution in [0.5, 0.6) is 0 Å². The zero-order valence-electron chi connectivity index (χ0n) is 9.48. The Balaban J connectivity index is 1.77. The van der Waals surface area contributed by atoms with E-state index in [0.717, 1.165) is 35.9 Å². The van der Waals surface area contributed by atoms with Crippen LogP contribution in [-0.2, 0) is 13.6 Å². The molecule has 2 heterocycles. The minimum Gasteiger partial charge on any atom is -0.330 e. The summed E-state index contributed by atoms with van der Waals surface area (Å²) in [5.41, 5.74) is 2.13. The molecule has 0 atom stereocenters. The molecule has 3 rings (SSSR count). The fourth-order valence-electron chi connectivity index (χ4n) is 1.97. The van der Waals surface area contributed by atoms with Crippen LogP contribution in [0, 0.1) is 5.92 Å². The topological polar surface area (TPSA) is 42.7 Å². The third-order valence-electron chi connectivity index (χ3n) is 3.19. The summed E-state index contributed by atoms with van der Waals surface area (Å²) >= 11 is 0. The normalized spacial score (nSPS) is 15.8. The minimum absolute atomic E-state index is 0.849. The molecular weight excluding hydrogens is 200 g/mol. The van der Waals surface area contributed by atoms with E-state index in [0.29, 0.717) is 0 Å². The molecular formula is C12H16N4. The fourth-order valence-corrected chi connectivity index (χ4v) is 1.97. The van der Waals surface area contributed by atoms with Crippen LogP contribution < -0.4 is 5.32 Å². The van der Waals surface area contributed by atoms with Crippen LogP contribution in [-0.4, -0.2) is 21.1 Å². The van der Waals surface area contributed by atoms with E-state index in [1.165, 1.54) is 12.8 Å². The molecule has 1 aliphatic rings. The van der Waals surface area contributed by atoms with Crippen molar-refractivity contribution >= 4 is 11.0 Å². The number of aromatic nitrogens is 3. The summed E-state index contributed by atoms with van der Waals surface area (Å²) in [7, 11) is 2.06. The monoisotopic (exact) mass is 216 g/mol. The van der Waals surface area contributed by atoms with Gasteiger partial charge in [0, 0.05) is 13.2 Å². The molecule has 2 aromatic rings. The standard InChI is InChI=1S/C12H16N4/c1-16-11-4-5-13-7-10(11)15-12(16)8-14-6-9-2-3-9/h4-5,7,9,14H,2-3,6,8H2,1H3. The number of nitrogens with zero attached hydrogens (tertiary/aromatic N) is 3. The molecule has 0 saturated heterocycles. The van der Waals surface area contributed by atoms with Crippen LogP contribution in [0.2, 0.25) is 0 Å². The molecule has 1 N–H and O–H groups in total. The smallest absolute Gasteiger partial charge is 0.123 e. The lowest BCUT2D eigenvalue weighted by Gasteiger charge is -2.03. The van der Waals surface area contributed by atoms with Gasteiger partial charge in [-0.3, -0.25) is 4.98 Å². The van der Waals surface area contributed by atoms with Gasteiger partial charge in [0.25, 0.3) is 0 Å². The lowest BCUT2D eigenvalue weighted by molar-refractivity contribution is 0.607. The zero-order valence-corrected chi connectivity index (χ0v) is 9.48. The van der Waals surface area contributed by atoms with Gasteiger partial charge in [-0.25, -0.2) is 4.98 Å². The van der Waals surface area contributed by atoms with Crippen molar-refractivity contribution < 1.29 is 0 Å². The van der Waals surface area contributed by atoms with Gasteiger partial charge in [-0.05, 0) is 31.4 Å². The molecule has 1 aliphatic carbocycles. The Hall–Kier alpha value is -1.42. The van der Waals surface area contributed by atoms with Crippen molar-refractivity contribution in [2.45, 2.75) is 19.4 Å². The Morgan fingerprint density at radius 3 is 3.12 bits per heavy atom. The summed E-state index contributed by atoms with van der Waals surface area (Å²) in [6, 6.07) is 2.01. The maximum atomic E-state index is 4.57. The van der Waals surface area contributed by atoms with Gasteiger partial charge in [-0.15, -0.1) is 0 Å². The highest BCUT2D eigenvalue weighted by atomic mass is 15.1. The average molecular weight is 216 g/mol. The average Bonchev–Trinajstić information content (AvgIpc) is 3.06. The Labute approximate surface area is 94.7 Å². The first-order chi connectivity index (χ1) is 7.84. The van der Waals surface area contributed by atoms with E-state index in [9.17, 15) is 0 Å². The van der Waals surface area contributed by atoms with Crippen molar-refractivity contribution in [1.82, 2.24) is 19.9 Å². The lowest BCUT2D eigenvalue weighted by atomic mass is 10.4. The summed E-state index contributed by atoms with van der Waals surface area (Å²) in [6.07, 6.45) is 6.41. The maximum Gasteiger partial charge on any atom is 0.123 e. The molecule has 84 valence electrons. The number of rotatable bonds is 4. The van der Waals surface area contributed by atoms with Crippen LogP contribution >= 0.6 is 0 Å². The van der Waals surface area contributed by atoms with Gasteiger partial charge >= 0.3 is 0 Å². The molecule has 1 saturated carbocycles. The van der Waals surface area contributed by atoms with Crippen molar-refractivity contribution in [3.8, 4) is 0 Å². The highest BCUT2D eigenvalue weighted by Gasteiger charge is 2.20. The van der Waals surface area contributed by atoms with Gasteiger partial charge in [0.2, 0.25) is 0 Å². The summed E-state index contributed by atoms with van der Waals surface area (Å²) in [6.45, 7) is 1.98. The molecule has 0 unspecified atom stereocenters. The van der Waals surface area contributed by atoms with Gasteiger partial charge < -0.3 is 9.88 Å². The summed E-state index contributed by atoms with van der Waals surface area (Å²) < 4.78 is 2.14. The molecule has 16 heavy (non-hydrogen) atoms. The molecule has 0 spiro atoms. The number of pyridine rings is 1. The Morgan fingerprint density at radius 1 is 1.50 bits per heavy atom. The molecule has 4 heteroatoms. The summed E-state index contributed by atoms with van der Waals surface area (Å²) in [4.78, 5) is 8.66. The van der Waals surface area contributed by atoms with Crippen molar-refractivity contribution in [2.75, 3.05) is 6.54 Å². The predicted octanol–water partition coefficient (Wildman–Crippen LogP) is 1.47. The maximum absolute atomic E-state index is 4.57. The number of fused-ring (bicyclic) bond motifs is 1. The fraction of sp³-hybridized carbons (Fsp3) is 0.500. The second-order valence-electron chi connectivity index (χ2n) is 4.53. The highest BCUT2D eigenvalue weighted by molar-refractivity contribution is 5.74. The van der Waals surface area contributed by atoms with Crippen LogP contribution in [0.15, 0.2) is 18.5 Å². The van der Waals surface area contributed by atoms with E-state index in [1.807, 2.05) is 18.5 Å². The third-order valence-corrected chi connectivity index (χ3v) is 3.19. The van der Waals surface area contributed by atoms with Gasteiger partial charge in [0.05, 0.1) is 18.3 Å². The second-order valence-corrected chi connectivity index (χ2v) is 4.53. The van der Waals surface area contributed by atoms with E-state index in [1.54, 1.807) is 0 Å². The van der Waals surface area contributed by atoms with Crippen molar-refractivity contribution in [2.24, 2.45) is 13.0 Å². The molecule has 0 aliphatic heterocycles. The van der Waals surface area contributed by atoms with Gasteiger partial charge in [-0.2, -0.15) is 0 Å². The van der Waals surface area contributed by atoms with Crippen LogP contribution in [0.1, 0.15) is 18.7 Å². The number of hydrogen-bond donors (Lipinski definition) is 1. The predicted molar refractivity (Wildman–Crippen MR) is 62.9 cm³/mol. The van der Waals surface area contributed by atoms with E-state index in [-0.39, 0.29) is 0 Å². The molecule has 0 radical (unpaired) electrons. The number of nitrogens with one attached hydrogen (secondary N) is 1. The van der Waals surface area contributed by atoms with E-state index in [4.69, 9.17) is 0 Å². The summed E-state index contributed by atoms with van der Waals surface area (Å²) in [5.74, 6) is 2.00. The first kappa shape index (κ1) is 9.78. The van der Waals surface area contributed by atoms with Crippen LogP contribution in [0.3, 0.4) is 0 Å². The number of imidazole rings is 1. The molecule has 4 nitrogen and oxygen atoms in total. The molecule has 2 aromatic heterocycles. The van der Waals surface area contributed by atoms with Gasteiger partial charge in [0.1, 0.15) is 11.3 Å². The molecule has 0 amide bonds. The van der Waals surface area contributed by atoms with Crippen LogP contribution in [0.4, 0.5) is 0 Å². The highest BCUT2D eigenvalue weighted by Crippen LogP contribution is 2.27. The largest absolute Gasteiger partial charge is 0.330 e. The number of hydrogen-bond acceptors (Lipinski definition) is 3. The molecule has 0 aromatic carbocycles. The van der Waals surface area contributed by atoms with E-state index >= 15 is 0 Å². The molecule has 0 bridgehead atoms. The summed E-state index contributed by atoms with van der Waals surface area (Å²) in [5, 5.41) is 3.46. The van der Waals surface area contributed by atoms with Crippen molar-refractivity contribution in [3.05, 3.63) is 24.3 Å².